The zero-order chi connectivity index (χ0) is 27.0. The molecule has 0 fully saturated rings. The van der Waals surface area contributed by atoms with E-state index in [1.54, 1.807) is 18.2 Å². The van der Waals surface area contributed by atoms with Crippen LogP contribution in [0.5, 0.6) is 0 Å². The Morgan fingerprint density at radius 2 is 1.16 bits per heavy atom. The molecule has 0 radical (unpaired) electrons. The maximum absolute atomic E-state index is 12.0. The Kier molecular flexibility index (Phi) is 20.2. The third kappa shape index (κ3) is 17.5. The average Bonchev–Trinajstić information content (AvgIpc) is 2.90. The average molecular weight is 549 g/mol. The van der Waals surface area contributed by atoms with E-state index in [1.165, 1.54) is 12.1 Å². The number of ether oxygens (including phenoxy) is 6. The normalized spacial score (nSPS) is 12.5. The summed E-state index contributed by atoms with van der Waals surface area (Å²) in [6.07, 6.45) is 3.80. The van der Waals surface area contributed by atoms with E-state index in [2.05, 4.69) is 6.92 Å². The van der Waals surface area contributed by atoms with Crippen molar-refractivity contribution in [2.75, 3.05) is 79.3 Å². The van der Waals surface area contributed by atoms with Crippen LogP contribution in [0.3, 0.4) is 0 Å². The number of carbonyl (C=O) groups excluding carboxylic acids is 1. The van der Waals surface area contributed by atoms with E-state index in [0.29, 0.717) is 59.5 Å². The molecule has 0 amide bonds. The summed E-state index contributed by atoms with van der Waals surface area (Å²) >= 11 is 0. The summed E-state index contributed by atoms with van der Waals surface area (Å²) in [7, 11) is -3.75. The Labute approximate surface area is 222 Å². The molecule has 0 N–H and O–H groups in total. The predicted octanol–water partition coefficient (Wildman–Crippen LogP) is 3.23. The van der Waals surface area contributed by atoms with Gasteiger partial charge in [0.25, 0.3) is 10.1 Å². The molecule has 0 aliphatic carbocycles. The first-order chi connectivity index (χ1) is 18.0. The van der Waals surface area contributed by atoms with Gasteiger partial charge in [-0.1, -0.05) is 44.9 Å². The van der Waals surface area contributed by atoms with Gasteiger partial charge in [0.05, 0.1) is 83.5 Å². The van der Waals surface area contributed by atoms with Crippen LogP contribution in [-0.4, -0.2) is 93.7 Å². The van der Waals surface area contributed by atoms with E-state index < -0.39 is 10.1 Å². The monoisotopic (exact) mass is 548 g/mol. The van der Waals surface area contributed by atoms with E-state index in [9.17, 15) is 13.2 Å². The predicted molar refractivity (Wildman–Crippen MR) is 138 cm³/mol. The standard InChI is InChI=1S/C26H44O10S/c1-3-5-9-24(4-2)26(27)35-22-20-33-18-16-31-14-12-30-13-15-32-17-19-34-21-23-36-37(28,29)25-10-7-6-8-11-25/h6-8,10-11,24H,3-5,9,12-23H2,1-2H3. The number of carbonyl (C=O) groups is 1. The van der Waals surface area contributed by atoms with Gasteiger partial charge in [-0.05, 0) is 25.0 Å². The molecule has 0 spiro atoms. The second kappa shape index (κ2) is 22.4. The molecule has 0 saturated heterocycles. The molecular formula is C26H44O10S. The van der Waals surface area contributed by atoms with Crippen molar-refractivity contribution in [1.82, 2.24) is 0 Å². The van der Waals surface area contributed by atoms with Crippen LogP contribution < -0.4 is 0 Å². The summed E-state index contributed by atoms with van der Waals surface area (Å²) in [5.74, 6) is -0.146. The number of esters is 1. The molecule has 11 heteroatoms. The van der Waals surface area contributed by atoms with Crippen molar-refractivity contribution < 1.29 is 45.8 Å². The SMILES string of the molecule is CCCCC(CC)C(=O)OCCOCCOCCOCCOCCOCCOS(=O)(=O)c1ccccc1. The van der Waals surface area contributed by atoms with Crippen molar-refractivity contribution in [3.8, 4) is 0 Å². The first-order valence-electron chi connectivity index (χ1n) is 13.0. The smallest absolute Gasteiger partial charge is 0.308 e. The fourth-order valence-corrected chi connectivity index (χ4v) is 4.01. The maximum Gasteiger partial charge on any atom is 0.308 e. The second-order valence-electron chi connectivity index (χ2n) is 8.07. The summed E-state index contributed by atoms with van der Waals surface area (Å²) < 4.78 is 61.0. The van der Waals surface area contributed by atoms with E-state index in [4.69, 9.17) is 32.6 Å². The molecule has 0 aliphatic rings. The molecule has 10 nitrogen and oxygen atoms in total. The van der Waals surface area contributed by atoms with E-state index in [1.807, 2.05) is 6.92 Å². The van der Waals surface area contributed by atoms with Crippen molar-refractivity contribution in [3.05, 3.63) is 30.3 Å². The Hall–Kier alpha value is -1.60. The van der Waals surface area contributed by atoms with Crippen LogP contribution in [0.1, 0.15) is 39.5 Å². The molecule has 1 unspecified atom stereocenters. The largest absolute Gasteiger partial charge is 0.463 e. The topological polar surface area (TPSA) is 116 Å². The van der Waals surface area contributed by atoms with Gasteiger partial charge < -0.3 is 28.4 Å². The number of hydrogen-bond donors (Lipinski definition) is 0. The Balaban J connectivity index is 1.81. The van der Waals surface area contributed by atoms with Crippen molar-refractivity contribution in [2.45, 2.75) is 44.4 Å². The van der Waals surface area contributed by atoms with Gasteiger partial charge in [-0.2, -0.15) is 8.42 Å². The maximum atomic E-state index is 12.0. The van der Waals surface area contributed by atoms with Crippen molar-refractivity contribution >= 4 is 16.1 Å². The van der Waals surface area contributed by atoms with Gasteiger partial charge in [0.1, 0.15) is 6.61 Å². The fourth-order valence-electron chi connectivity index (χ4n) is 3.10. The Morgan fingerprint density at radius 3 is 1.62 bits per heavy atom. The molecule has 0 aromatic heterocycles. The molecule has 0 heterocycles. The van der Waals surface area contributed by atoms with Gasteiger partial charge in [-0.15, -0.1) is 0 Å². The molecule has 0 aliphatic heterocycles. The number of rotatable bonds is 25. The Morgan fingerprint density at radius 1 is 0.703 bits per heavy atom. The lowest BCUT2D eigenvalue weighted by Gasteiger charge is -2.13. The third-order valence-corrected chi connectivity index (χ3v) is 6.52. The van der Waals surface area contributed by atoms with E-state index >= 15 is 0 Å². The van der Waals surface area contributed by atoms with Crippen LogP contribution in [-0.2, 0) is 47.5 Å². The van der Waals surface area contributed by atoms with Gasteiger partial charge in [-0.25, -0.2) is 0 Å². The van der Waals surface area contributed by atoms with E-state index in [-0.39, 0.29) is 36.6 Å². The summed E-state index contributed by atoms with van der Waals surface area (Å²) in [6.45, 7) is 8.14. The highest BCUT2D eigenvalue weighted by molar-refractivity contribution is 7.86. The van der Waals surface area contributed by atoms with Crippen LogP contribution in [0, 0.1) is 5.92 Å². The number of unbranched alkanes of at least 4 members (excludes halogenated alkanes) is 1. The molecule has 1 aromatic rings. The molecule has 1 aromatic carbocycles. The van der Waals surface area contributed by atoms with Crippen molar-refractivity contribution in [1.29, 1.82) is 0 Å². The lowest BCUT2D eigenvalue weighted by atomic mass is 10.00. The summed E-state index contributed by atoms with van der Waals surface area (Å²) in [6, 6.07) is 7.97. The van der Waals surface area contributed by atoms with Gasteiger partial charge in [0.15, 0.2) is 0 Å². The zero-order valence-corrected chi connectivity index (χ0v) is 23.1. The lowest BCUT2D eigenvalue weighted by Crippen LogP contribution is -2.20. The third-order valence-electron chi connectivity index (χ3n) is 5.19. The summed E-state index contributed by atoms with van der Waals surface area (Å²) in [4.78, 5) is 12.1. The van der Waals surface area contributed by atoms with Crippen LogP contribution >= 0.6 is 0 Å². The lowest BCUT2D eigenvalue weighted by molar-refractivity contribution is -0.150. The minimum Gasteiger partial charge on any atom is -0.463 e. The molecule has 0 bridgehead atoms. The van der Waals surface area contributed by atoms with Crippen LogP contribution in [0.15, 0.2) is 35.2 Å². The van der Waals surface area contributed by atoms with Crippen LogP contribution in [0.4, 0.5) is 0 Å². The Bertz CT molecular complexity index is 773. The van der Waals surface area contributed by atoms with Gasteiger partial charge in [-0.3, -0.25) is 8.98 Å². The molecule has 0 saturated carbocycles. The summed E-state index contributed by atoms with van der Waals surface area (Å²) in [5.41, 5.74) is 0. The van der Waals surface area contributed by atoms with Crippen molar-refractivity contribution in [2.24, 2.45) is 5.92 Å². The van der Waals surface area contributed by atoms with Crippen LogP contribution in [0.25, 0.3) is 0 Å². The molecule has 1 atom stereocenters. The first kappa shape index (κ1) is 33.4. The molecule has 37 heavy (non-hydrogen) atoms. The highest BCUT2D eigenvalue weighted by Crippen LogP contribution is 2.14. The summed E-state index contributed by atoms with van der Waals surface area (Å²) in [5, 5.41) is 0. The van der Waals surface area contributed by atoms with Gasteiger partial charge in [0.2, 0.25) is 0 Å². The van der Waals surface area contributed by atoms with Gasteiger partial charge >= 0.3 is 5.97 Å². The highest BCUT2D eigenvalue weighted by Gasteiger charge is 2.17. The molecule has 214 valence electrons. The van der Waals surface area contributed by atoms with Crippen molar-refractivity contribution in [3.63, 3.8) is 0 Å². The number of benzene rings is 1. The second-order valence-corrected chi connectivity index (χ2v) is 9.68. The molecular weight excluding hydrogens is 504 g/mol. The van der Waals surface area contributed by atoms with Crippen LogP contribution in [0.2, 0.25) is 0 Å². The molecule has 1 rings (SSSR count). The quantitative estimate of drug-likeness (QED) is 0.102. The highest BCUT2D eigenvalue weighted by atomic mass is 32.2. The zero-order valence-electron chi connectivity index (χ0n) is 22.3. The number of hydrogen-bond acceptors (Lipinski definition) is 10. The minimum atomic E-state index is -3.75. The van der Waals surface area contributed by atoms with E-state index in [0.717, 1.165) is 25.7 Å². The van der Waals surface area contributed by atoms with Gasteiger partial charge in [0, 0.05) is 0 Å². The first-order valence-corrected chi connectivity index (χ1v) is 14.4. The fraction of sp³-hybridized carbons (Fsp3) is 0.731. The minimum absolute atomic E-state index is 0.0133.